The van der Waals surface area contributed by atoms with E-state index in [0.29, 0.717) is 11.3 Å². The van der Waals surface area contributed by atoms with Crippen LogP contribution in [0.4, 0.5) is 5.82 Å². The van der Waals surface area contributed by atoms with E-state index in [1.807, 2.05) is 13.8 Å². The molecule has 2 heterocycles. The number of hydrogen-bond donors (Lipinski definition) is 3. The van der Waals surface area contributed by atoms with E-state index in [1.54, 1.807) is 25.2 Å². The second-order valence-electron chi connectivity index (χ2n) is 5.26. The normalized spacial score (nSPS) is 10.5. The Bertz CT molecular complexity index is 855. The predicted octanol–water partition coefficient (Wildman–Crippen LogP) is 4.22. The number of nitrogens with zero attached hydrogens (tertiary/aromatic N) is 2. The van der Waals surface area contributed by atoms with E-state index in [4.69, 9.17) is 5.11 Å². The van der Waals surface area contributed by atoms with Crippen LogP contribution in [0.15, 0.2) is 18.2 Å². The summed E-state index contributed by atoms with van der Waals surface area (Å²) in [5, 5.41) is 13.0. The van der Waals surface area contributed by atoms with Crippen molar-refractivity contribution in [2.45, 2.75) is 40.0 Å². The molecule has 3 rings (SSSR count). The summed E-state index contributed by atoms with van der Waals surface area (Å²) in [6, 6.07) is 4.95. The fraction of sp³-hybridized carbons (Fsp3) is 0.389. The number of aryl methyl sites for hydroxylation is 1. The number of nitrogens with one attached hydrogen (secondary N) is 2. The highest BCUT2D eigenvalue weighted by molar-refractivity contribution is 6.08. The van der Waals surface area contributed by atoms with Crippen LogP contribution in [0.2, 0.25) is 0 Å². The largest absolute Gasteiger partial charge is 0.478 e. The van der Waals surface area contributed by atoms with Gasteiger partial charge in [-0.2, -0.15) is 0 Å². The molecular formula is C18H24N4O2. The second kappa shape index (κ2) is 7.77. The first-order valence-corrected chi connectivity index (χ1v) is 8.37. The van der Waals surface area contributed by atoms with Gasteiger partial charge in [-0.25, -0.2) is 14.8 Å². The molecule has 0 amide bonds. The number of imidazole rings is 1. The summed E-state index contributed by atoms with van der Waals surface area (Å²) in [7, 11) is 1.79. The van der Waals surface area contributed by atoms with Crippen molar-refractivity contribution in [2.24, 2.45) is 0 Å². The summed E-state index contributed by atoms with van der Waals surface area (Å²) < 4.78 is 0. The van der Waals surface area contributed by atoms with E-state index in [1.165, 1.54) is 0 Å². The average Bonchev–Trinajstić information content (AvgIpc) is 3.04. The minimum Gasteiger partial charge on any atom is -0.478 e. The second-order valence-corrected chi connectivity index (χ2v) is 5.26. The van der Waals surface area contributed by atoms with E-state index in [-0.39, 0.29) is 5.56 Å². The lowest BCUT2D eigenvalue weighted by atomic mass is 10.1. The van der Waals surface area contributed by atoms with Crippen molar-refractivity contribution in [3.63, 3.8) is 0 Å². The number of H-pyrrole nitrogens is 1. The van der Waals surface area contributed by atoms with Gasteiger partial charge in [0.1, 0.15) is 16.9 Å². The molecule has 0 aliphatic carbocycles. The first-order valence-electron chi connectivity index (χ1n) is 8.37. The van der Waals surface area contributed by atoms with Crippen molar-refractivity contribution in [1.82, 2.24) is 15.0 Å². The molecule has 0 saturated carbocycles. The molecule has 0 aliphatic heterocycles. The summed E-state index contributed by atoms with van der Waals surface area (Å²) in [5.41, 5.74) is 2.55. The molecule has 24 heavy (non-hydrogen) atoms. The zero-order valence-electron chi connectivity index (χ0n) is 14.6. The SMILES string of the molecule is CC.CCCCc1nc2c([nH]1)c(NC)nc1cc(C(=O)O)ccc12. The van der Waals surface area contributed by atoms with Crippen LogP contribution in [0.1, 0.15) is 49.8 Å². The van der Waals surface area contributed by atoms with Crippen LogP contribution in [0, 0.1) is 0 Å². The van der Waals surface area contributed by atoms with E-state index in [2.05, 4.69) is 27.2 Å². The number of hydrogen-bond acceptors (Lipinski definition) is 4. The van der Waals surface area contributed by atoms with Gasteiger partial charge in [-0.15, -0.1) is 0 Å². The maximum absolute atomic E-state index is 11.1. The molecule has 0 saturated heterocycles. The standard InChI is InChI=1S/C16H18N4O2.C2H6/c1-3-4-5-12-19-13-10-7-6-9(16(21)22)8-11(10)18-15(17-2)14(13)20-12;1-2/h6-8H,3-5H2,1-2H3,(H,17,18)(H,19,20)(H,21,22);1-2H3. The highest BCUT2D eigenvalue weighted by Gasteiger charge is 2.14. The zero-order valence-corrected chi connectivity index (χ0v) is 14.6. The van der Waals surface area contributed by atoms with Gasteiger partial charge in [0.15, 0.2) is 5.82 Å². The number of aromatic nitrogens is 3. The fourth-order valence-corrected chi connectivity index (χ4v) is 2.57. The Hall–Kier alpha value is -2.63. The molecule has 0 bridgehead atoms. The van der Waals surface area contributed by atoms with Crippen LogP contribution in [0.25, 0.3) is 21.9 Å². The van der Waals surface area contributed by atoms with E-state index in [9.17, 15) is 4.79 Å². The quantitative estimate of drug-likeness (QED) is 0.652. The number of rotatable bonds is 5. The maximum Gasteiger partial charge on any atom is 0.335 e. The molecule has 3 aromatic rings. The molecule has 6 nitrogen and oxygen atoms in total. The van der Waals surface area contributed by atoms with Gasteiger partial charge in [-0.1, -0.05) is 27.2 Å². The maximum atomic E-state index is 11.1. The molecule has 0 atom stereocenters. The lowest BCUT2D eigenvalue weighted by Gasteiger charge is -2.05. The van der Waals surface area contributed by atoms with Crippen LogP contribution in [-0.4, -0.2) is 33.1 Å². The van der Waals surface area contributed by atoms with Gasteiger partial charge in [0.25, 0.3) is 0 Å². The van der Waals surface area contributed by atoms with Crippen LogP contribution < -0.4 is 5.32 Å². The average molecular weight is 328 g/mol. The van der Waals surface area contributed by atoms with Gasteiger partial charge in [0.05, 0.1) is 11.1 Å². The number of aromatic carboxylic acids is 1. The summed E-state index contributed by atoms with van der Waals surface area (Å²) in [4.78, 5) is 23.6. The van der Waals surface area contributed by atoms with Gasteiger partial charge in [-0.3, -0.25) is 0 Å². The molecule has 6 heteroatoms. The number of pyridine rings is 1. The number of benzene rings is 1. The van der Waals surface area contributed by atoms with Gasteiger partial charge < -0.3 is 15.4 Å². The molecule has 0 unspecified atom stereocenters. The first-order chi connectivity index (χ1) is 11.6. The molecule has 2 aromatic heterocycles. The third-order valence-corrected chi connectivity index (χ3v) is 3.73. The summed E-state index contributed by atoms with van der Waals surface area (Å²) in [6.07, 6.45) is 3.07. The molecular weight excluding hydrogens is 304 g/mol. The summed E-state index contributed by atoms with van der Waals surface area (Å²) in [6.45, 7) is 6.14. The van der Waals surface area contributed by atoms with Crippen LogP contribution in [-0.2, 0) is 6.42 Å². The molecule has 0 aliphatic rings. The number of anilines is 1. The Morgan fingerprint density at radius 1 is 1.29 bits per heavy atom. The molecule has 0 spiro atoms. The highest BCUT2D eigenvalue weighted by atomic mass is 16.4. The van der Waals surface area contributed by atoms with Crippen molar-refractivity contribution < 1.29 is 9.90 Å². The summed E-state index contributed by atoms with van der Waals surface area (Å²) in [5.74, 6) is 0.658. The van der Waals surface area contributed by atoms with Gasteiger partial charge in [0.2, 0.25) is 0 Å². The Labute approximate surface area is 141 Å². The van der Waals surface area contributed by atoms with Crippen LogP contribution >= 0.6 is 0 Å². The van der Waals surface area contributed by atoms with Crippen molar-refractivity contribution in [2.75, 3.05) is 12.4 Å². The fourth-order valence-electron chi connectivity index (χ4n) is 2.57. The number of aromatic amines is 1. The highest BCUT2D eigenvalue weighted by Crippen LogP contribution is 2.28. The topological polar surface area (TPSA) is 90.9 Å². The van der Waals surface area contributed by atoms with Crippen LogP contribution in [0.3, 0.4) is 0 Å². The number of unbranched alkanes of at least 4 members (excludes halogenated alkanes) is 1. The van der Waals surface area contributed by atoms with E-state index >= 15 is 0 Å². The Morgan fingerprint density at radius 2 is 2.04 bits per heavy atom. The van der Waals surface area contributed by atoms with Gasteiger partial charge >= 0.3 is 5.97 Å². The zero-order chi connectivity index (χ0) is 17.7. The Kier molecular flexibility index (Phi) is 5.73. The van der Waals surface area contributed by atoms with Crippen molar-refractivity contribution in [3.05, 3.63) is 29.6 Å². The smallest absolute Gasteiger partial charge is 0.335 e. The lowest BCUT2D eigenvalue weighted by Crippen LogP contribution is -1.98. The van der Waals surface area contributed by atoms with Gasteiger partial charge in [0, 0.05) is 18.9 Å². The number of fused-ring (bicyclic) bond motifs is 3. The molecule has 1 aromatic carbocycles. The van der Waals surface area contributed by atoms with Crippen molar-refractivity contribution in [3.8, 4) is 0 Å². The molecule has 128 valence electrons. The first kappa shape index (κ1) is 17.7. The van der Waals surface area contributed by atoms with Crippen molar-refractivity contribution >= 4 is 33.7 Å². The predicted molar refractivity (Wildman–Crippen MR) is 97.9 cm³/mol. The third-order valence-electron chi connectivity index (χ3n) is 3.73. The number of carboxylic acids is 1. The minimum atomic E-state index is -0.958. The monoisotopic (exact) mass is 328 g/mol. The molecule has 0 fully saturated rings. The van der Waals surface area contributed by atoms with E-state index < -0.39 is 5.97 Å². The van der Waals surface area contributed by atoms with Crippen LogP contribution in [0.5, 0.6) is 0 Å². The number of carboxylic acid groups (broad SMARTS) is 1. The lowest BCUT2D eigenvalue weighted by molar-refractivity contribution is 0.0697. The van der Waals surface area contributed by atoms with Gasteiger partial charge in [-0.05, 0) is 24.6 Å². The molecule has 3 N–H and O–H groups in total. The third kappa shape index (κ3) is 3.32. The molecule has 0 radical (unpaired) electrons. The number of carbonyl (C=O) groups is 1. The Morgan fingerprint density at radius 3 is 2.67 bits per heavy atom. The van der Waals surface area contributed by atoms with Crippen molar-refractivity contribution in [1.29, 1.82) is 0 Å². The minimum absolute atomic E-state index is 0.225. The van der Waals surface area contributed by atoms with E-state index in [0.717, 1.165) is 41.5 Å². The summed E-state index contributed by atoms with van der Waals surface area (Å²) >= 11 is 0. The Balaban J connectivity index is 0.00000100.